The van der Waals surface area contributed by atoms with Crippen LogP contribution in [0.3, 0.4) is 0 Å². The molecular formula is C18H26FN5. The largest absolute Gasteiger partial charge is 0.357 e. The maximum Gasteiger partial charge on any atom is 0.191 e. The smallest absolute Gasteiger partial charge is 0.191 e. The molecule has 130 valence electrons. The monoisotopic (exact) mass is 331 g/mol. The van der Waals surface area contributed by atoms with Gasteiger partial charge in [-0.15, -0.1) is 0 Å². The summed E-state index contributed by atoms with van der Waals surface area (Å²) in [4.78, 5) is 4.59. The van der Waals surface area contributed by atoms with Crippen LogP contribution in [0.1, 0.15) is 32.0 Å². The molecule has 5 nitrogen and oxygen atoms in total. The van der Waals surface area contributed by atoms with E-state index in [1.807, 2.05) is 30.8 Å². The van der Waals surface area contributed by atoms with Crippen LogP contribution in [0.15, 0.2) is 41.5 Å². The molecule has 0 aliphatic heterocycles. The molecule has 2 N–H and O–H groups in total. The van der Waals surface area contributed by atoms with Crippen LogP contribution >= 0.6 is 0 Å². The first-order valence-corrected chi connectivity index (χ1v) is 8.17. The van der Waals surface area contributed by atoms with Gasteiger partial charge in [0.05, 0.1) is 12.2 Å². The van der Waals surface area contributed by atoms with Gasteiger partial charge < -0.3 is 10.6 Å². The predicted octanol–water partition coefficient (Wildman–Crippen LogP) is 2.59. The summed E-state index contributed by atoms with van der Waals surface area (Å²) in [6.45, 7) is 8.16. The first kappa shape index (κ1) is 18.0. The number of guanidine groups is 1. The van der Waals surface area contributed by atoms with Crippen LogP contribution < -0.4 is 10.6 Å². The molecule has 0 saturated heterocycles. The van der Waals surface area contributed by atoms with Crippen molar-refractivity contribution in [1.82, 2.24) is 20.4 Å². The van der Waals surface area contributed by atoms with E-state index in [1.165, 1.54) is 6.07 Å². The second-order valence-electron chi connectivity index (χ2n) is 6.39. The maximum atomic E-state index is 13.5. The minimum atomic E-state index is -0.217. The molecule has 1 aromatic carbocycles. The van der Waals surface area contributed by atoms with Crippen molar-refractivity contribution < 1.29 is 4.39 Å². The Hall–Kier alpha value is -2.37. The second kappa shape index (κ2) is 7.95. The molecule has 2 aromatic rings. The molecule has 6 heteroatoms. The quantitative estimate of drug-likeness (QED) is 0.632. The van der Waals surface area contributed by atoms with E-state index in [2.05, 4.69) is 34.6 Å². The van der Waals surface area contributed by atoms with Gasteiger partial charge in [0, 0.05) is 31.7 Å². The lowest BCUT2D eigenvalue weighted by molar-refractivity contribution is 0.503. The molecule has 0 aliphatic rings. The van der Waals surface area contributed by atoms with E-state index in [9.17, 15) is 4.39 Å². The fraction of sp³-hybridized carbons (Fsp3) is 0.444. The molecule has 1 heterocycles. The SMILES string of the molecule is CCNC(=NCc1ccnn1C)NCC(C)(C)c1cccc(F)c1. The highest BCUT2D eigenvalue weighted by molar-refractivity contribution is 5.79. The summed E-state index contributed by atoms with van der Waals surface area (Å²) in [7, 11) is 1.90. The summed E-state index contributed by atoms with van der Waals surface area (Å²) in [6, 6.07) is 8.69. The summed E-state index contributed by atoms with van der Waals surface area (Å²) in [5.74, 6) is 0.528. The Morgan fingerprint density at radius 3 is 2.71 bits per heavy atom. The molecule has 0 fully saturated rings. The van der Waals surface area contributed by atoms with Crippen molar-refractivity contribution in [2.75, 3.05) is 13.1 Å². The van der Waals surface area contributed by atoms with E-state index in [0.29, 0.717) is 13.1 Å². The molecule has 0 amide bonds. The van der Waals surface area contributed by atoms with Crippen molar-refractivity contribution in [3.8, 4) is 0 Å². The molecule has 0 spiro atoms. The molecule has 1 aromatic heterocycles. The van der Waals surface area contributed by atoms with E-state index >= 15 is 0 Å². The Kier molecular flexibility index (Phi) is 5.95. The van der Waals surface area contributed by atoms with Crippen LogP contribution in [0, 0.1) is 5.82 Å². The summed E-state index contributed by atoms with van der Waals surface area (Å²) in [5, 5.41) is 10.7. The van der Waals surface area contributed by atoms with E-state index in [-0.39, 0.29) is 11.2 Å². The lowest BCUT2D eigenvalue weighted by Gasteiger charge is -2.27. The number of benzene rings is 1. The lowest BCUT2D eigenvalue weighted by atomic mass is 9.84. The van der Waals surface area contributed by atoms with E-state index < -0.39 is 0 Å². The number of halogens is 1. The molecule has 24 heavy (non-hydrogen) atoms. The fourth-order valence-corrected chi connectivity index (χ4v) is 2.37. The highest BCUT2D eigenvalue weighted by atomic mass is 19.1. The predicted molar refractivity (Wildman–Crippen MR) is 95.5 cm³/mol. The minimum absolute atomic E-state index is 0.211. The van der Waals surface area contributed by atoms with Gasteiger partial charge in [-0.3, -0.25) is 4.68 Å². The highest BCUT2D eigenvalue weighted by Gasteiger charge is 2.21. The Bertz CT molecular complexity index is 690. The number of nitrogens with one attached hydrogen (secondary N) is 2. The summed E-state index contributed by atoms with van der Waals surface area (Å²) in [6.07, 6.45) is 1.76. The Morgan fingerprint density at radius 2 is 2.08 bits per heavy atom. The number of nitrogens with zero attached hydrogens (tertiary/aromatic N) is 3. The molecular weight excluding hydrogens is 305 g/mol. The number of aryl methyl sites for hydroxylation is 1. The third-order valence-electron chi connectivity index (χ3n) is 3.97. The Balaban J connectivity index is 2.03. The van der Waals surface area contributed by atoms with Crippen LogP contribution in [0.25, 0.3) is 0 Å². The van der Waals surface area contributed by atoms with Gasteiger partial charge >= 0.3 is 0 Å². The zero-order valence-corrected chi connectivity index (χ0v) is 14.8. The molecule has 0 unspecified atom stereocenters. The molecule has 0 atom stereocenters. The zero-order chi connectivity index (χ0) is 17.6. The number of hydrogen-bond donors (Lipinski definition) is 2. The van der Waals surface area contributed by atoms with E-state index in [0.717, 1.165) is 23.8 Å². The van der Waals surface area contributed by atoms with Crippen molar-refractivity contribution in [3.05, 3.63) is 53.6 Å². The van der Waals surface area contributed by atoms with Crippen molar-refractivity contribution >= 4 is 5.96 Å². The minimum Gasteiger partial charge on any atom is -0.357 e. The zero-order valence-electron chi connectivity index (χ0n) is 14.8. The third kappa shape index (κ3) is 4.81. The highest BCUT2D eigenvalue weighted by Crippen LogP contribution is 2.22. The van der Waals surface area contributed by atoms with Crippen LogP contribution in [0.2, 0.25) is 0 Å². The van der Waals surface area contributed by atoms with Crippen molar-refractivity contribution in [3.63, 3.8) is 0 Å². The number of hydrogen-bond acceptors (Lipinski definition) is 2. The van der Waals surface area contributed by atoms with Gasteiger partial charge in [0.1, 0.15) is 5.82 Å². The average molecular weight is 331 g/mol. The van der Waals surface area contributed by atoms with Crippen LogP contribution in [0.5, 0.6) is 0 Å². The number of aromatic nitrogens is 2. The van der Waals surface area contributed by atoms with Crippen LogP contribution in [-0.2, 0) is 19.0 Å². The third-order valence-corrected chi connectivity index (χ3v) is 3.97. The molecule has 0 saturated carbocycles. The van der Waals surface area contributed by atoms with Gasteiger partial charge in [-0.2, -0.15) is 5.10 Å². The Labute approximate surface area is 143 Å². The normalized spacial score (nSPS) is 12.3. The molecule has 0 aliphatic carbocycles. The van der Waals surface area contributed by atoms with E-state index in [1.54, 1.807) is 18.3 Å². The van der Waals surface area contributed by atoms with Gasteiger partial charge in [-0.05, 0) is 30.7 Å². The first-order valence-electron chi connectivity index (χ1n) is 8.17. The lowest BCUT2D eigenvalue weighted by Crippen LogP contribution is -2.43. The maximum absolute atomic E-state index is 13.5. The van der Waals surface area contributed by atoms with E-state index in [4.69, 9.17) is 0 Å². The van der Waals surface area contributed by atoms with Gasteiger partial charge in [-0.1, -0.05) is 26.0 Å². The first-order chi connectivity index (χ1) is 11.4. The van der Waals surface area contributed by atoms with Crippen molar-refractivity contribution in [2.24, 2.45) is 12.0 Å². The summed E-state index contributed by atoms with van der Waals surface area (Å²) in [5.41, 5.74) is 1.78. The fourth-order valence-electron chi connectivity index (χ4n) is 2.37. The van der Waals surface area contributed by atoms with Crippen LogP contribution in [-0.4, -0.2) is 28.8 Å². The van der Waals surface area contributed by atoms with Crippen LogP contribution in [0.4, 0.5) is 4.39 Å². The Morgan fingerprint density at radius 1 is 1.29 bits per heavy atom. The second-order valence-corrected chi connectivity index (χ2v) is 6.39. The summed E-state index contributed by atoms with van der Waals surface area (Å²) >= 11 is 0. The van der Waals surface area contributed by atoms with Gasteiger partial charge in [-0.25, -0.2) is 9.38 Å². The van der Waals surface area contributed by atoms with Gasteiger partial charge in [0.25, 0.3) is 0 Å². The number of aliphatic imine (C=N–C) groups is 1. The molecule has 0 bridgehead atoms. The van der Waals surface area contributed by atoms with Crippen molar-refractivity contribution in [2.45, 2.75) is 32.7 Å². The number of rotatable bonds is 6. The van der Waals surface area contributed by atoms with Crippen molar-refractivity contribution in [1.29, 1.82) is 0 Å². The summed E-state index contributed by atoms with van der Waals surface area (Å²) < 4.78 is 15.3. The molecule has 2 rings (SSSR count). The standard InChI is InChI=1S/C18H26FN5/c1-5-20-17(21-12-16-9-10-23-24(16)4)22-13-18(2,3)14-7-6-8-15(19)11-14/h6-11H,5,12-13H2,1-4H3,(H2,20,21,22). The average Bonchev–Trinajstić information content (AvgIpc) is 2.95. The topological polar surface area (TPSA) is 54.2 Å². The van der Waals surface area contributed by atoms with Gasteiger partial charge in [0.15, 0.2) is 5.96 Å². The molecule has 0 radical (unpaired) electrons. The van der Waals surface area contributed by atoms with Gasteiger partial charge in [0.2, 0.25) is 0 Å².